The molecule has 0 saturated heterocycles. The van der Waals surface area contributed by atoms with Crippen molar-refractivity contribution in [3.05, 3.63) is 18.2 Å². The number of anilines is 1. The van der Waals surface area contributed by atoms with E-state index in [1.807, 2.05) is 0 Å². The number of rotatable bonds is 7. The van der Waals surface area contributed by atoms with Crippen LogP contribution in [0.2, 0.25) is 0 Å². The van der Waals surface area contributed by atoms with E-state index < -0.39 is 10.0 Å². The number of amides is 1. The van der Waals surface area contributed by atoms with Crippen molar-refractivity contribution in [2.45, 2.75) is 30.2 Å². The van der Waals surface area contributed by atoms with Gasteiger partial charge in [0.2, 0.25) is 15.9 Å². The smallest absolute Gasteiger partial charge is 0.240 e. The summed E-state index contributed by atoms with van der Waals surface area (Å²) in [5.74, 6) is 0.103. The van der Waals surface area contributed by atoms with Crippen molar-refractivity contribution in [2.75, 3.05) is 19.0 Å². The van der Waals surface area contributed by atoms with E-state index in [1.54, 1.807) is 0 Å². The van der Waals surface area contributed by atoms with Crippen LogP contribution in [0.15, 0.2) is 23.1 Å². The van der Waals surface area contributed by atoms with Gasteiger partial charge >= 0.3 is 0 Å². The minimum Gasteiger partial charge on any atom is -0.495 e. The van der Waals surface area contributed by atoms with Gasteiger partial charge in [-0.3, -0.25) is 4.79 Å². The third-order valence-corrected chi connectivity index (χ3v) is 4.54. The summed E-state index contributed by atoms with van der Waals surface area (Å²) in [5, 5.41) is 2.61. The first-order valence-corrected chi connectivity index (χ1v) is 8.15. The third kappa shape index (κ3) is 4.84. The lowest BCUT2D eigenvalue weighted by Crippen LogP contribution is -2.26. The Kier molecular flexibility index (Phi) is 6.61. The second kappa shape index (κ2) is 7.77. The molecular weight excluding hydrogens is 330 g/mol. The van der Waals surface area contributed by atoms with Gasteiger partial charge in [0.25, 0.3) is 0 Å². The molecule has 0 spiro atoms. The Balaban J connectivity index is 0.00000242. The highest BCUT2D eigenvalue weighted by Gasteiger charge is 2.28. The van der Waals surface area contributed by atoms with Crippen LogP contribution in [0.25, 0.3) is 0 Å². The molecule has 0 heterocycles. The number of nitrogens with two attached hydrogens (primary N) is 1. The number of ether oxygens (including phenoxy) is 1. The Hall–Kier alpha value is -1.35. The molecule has 9 heteroatoms. The van der Waals surface area contributed by atoms with Crippen LogP contribution in [0.3, 0.4) is 0 Å². The van der Waals surface area contributed by atoms with Gasteiger partial charge in [-0.15, -0.1) is 12.4 Å². The number of sulfonamides is 1. The molecule has 124 valence electrons. The maximum atomic E-state index is 12.2. The molecule has 1 aromatic rings. The van der Waals surface area contributed by atoms with Crippen molar-refractivity contribution < 1.29 is 17.9 Å². The Bertz CT molecular complexity index is 632. The standard InChI is InChI=1S/C13H19N3O4S.ClH/c1-20-12-5-4-10(21(18,19)16-9-2-3-9)8-11(12)15-13(17)6-7-14;/h4-5,8-9,16H,2-3,6-7,14H2,1H3,(H,15,17);1H. The summed E-state index contributed by atoms with van der Waals surface area (Å²) in [6, 6.07) is 4.37. The minimum atomic E-state index is -3.57. The first-order chi connectivity index (χ1) is 9.96. The normalized spacial score (nSPS) is 14.1. The van der Waals surface area contributed by atoms with Crippen LogP contribution in [0.1, 0.15) is 19.3 Å². The first kappa shape index (κ1) is 18.7. The lowest BCUT2D eigenvalue weighted by atomic mass is 10.2. The largest absolute Gasteiger partial charge is 0.495 e. The van der Waals surface area contributed by atoms with Crippen molar-refractivity contribution in [1.29, 1.82) is 0 Å². The molecule has 2 rings (SSSR count). The SMILES string of the molecule is COc1ccc(S(=O)(=O)NC2CC2)cc1NC(=O)CCN.Cl. The van der Waals surface area contributed by atoms with E-state index in [2.05, 4.69) is 10.0 Å². The van der Waals surface area contributed by atoms with Crippen LogP contribution in [0.5, 0.6) is 5.75 Å². The van der Waals surface area contributed by atoms with E-state index in [-0.39, 0.29) is 42.2 Å². The van der Waals surface area contributed by atoms with E-state index in [0.29, 0.717) is 11.4 Å². The van der Waals surface area contributed by atoms with Gasteiger partial charge in [-0.25, -0.2) is 13.1 Å². The number of methoxy groups -OCH3 is 1. The molecule has 0 radical (unpaired) electrons. The van der Waals surface area contributed by atoms with Gasteiger partial charge in [0.15, 0.2) is 0 Å². The zero-order chi connectivity index (χ0) is 15.5. The van der Waals surface area contributed by atoms with Gasteiger partial charge in [-0.2, -0.15) is 0 Å². The molecule has 0 bridgehead atoms. The molecule has 1 saturated carbocycles. The number of benzene rings is 1. The molecule has 1 fully saturated rings. The average Bonchev–Trinajstić information content (AvgIpc) is 3.22. The Morgan fingerprint density at radius 1 is 1.41 bits per heavy atom. The first-order valence-electron chi connectivity index (χ1n) is 6.66. The van der Waals surface area contributed by atoms with Crippen LogP contribution in [-0.4, -0.2) is 34.0 Å². The molecule has 0 atom stereocenters. The van der Waals surface area contributed by atoms with E-state index in [0.717, 1.165) is 12.8 Å². The zero-order valence-corrected chi connectivity index (χ0v) is 13.8. The molecule has 7 nitrogen and oxygen atoms in total. The van der Waals surface area contributed by atoms with E-state index in [1.165, 1.54) is 25.3 Å². The summed E-state index contributed by atoms with van der Waals surface area (Å²) in [7, 11) is -2.13. The summed E-state index contributed by atoms with van der Waals surface area (Å²) in [4.78, 5) is 11.7. The van der Waals surface area contributed by atoms with E-state index >= 15 is 0 Å². The summed E-state index contributed by atoms with van der Waals surface area (Å²) < 4.78 is 32.0. The molecule has 1 aliphatic rings. The van der Waals surface area contributed by atoms with Crippen LogP contribution in [0.4, 0.5) is 5.69 Å². The van der Waals surface area contributed by atoms with Crippen molar-refractivity contribution in [1.82, 2.24) is 4.72 Å². The lowest BCUT2D eigenvalue weighted by molar-refractivity contribution is -0.116. The topological polar surface area (TPSA) is 111 Å². The van der Waals surface area contributed by atoms with Gasteiger partial charge in [0.05, 0.1) is 17.7 Å². The quantitative estimate of drug-likeness (QED) is 0.675. The van der Waals surface area contributed by atoms with Gasteiger partial charge < -0.3 is 15.8 Å². The molecule has 1 aromatic carbocycles. The molecule has 1 aliphatic carbocycles. The van der Waals surface area contributed by atoms with Gasteiger partial charge in [0, 0.05) is 19.0 Å². The van der Waals surface area contributed by atoms with Crippen molar-refractivity contribution in [2.24, 2.45) is 5.73 Å². The Labute approximate surface area is 136 Å². The highest BCUT2D eigenvalue weighted by molar-refractivity contribution is 7.89. The number of hydrogen-bond acceptors (Lipinski definition) is 5. The van der Waals surface area contributed by atoms with E-state index in [4.69, 9.17) is 10.5 Å². The second-order valence-corrected chi connectivity index (χ2v) is 6.56. The molecule has 0 unspecified atom stereocenters. The molecule has 0 aromatic heterocycles. The monoisotopic (exact) mass is 349 g/mol. The lowest BCUT2D eigenvalue weighted by Gasteiger charge is -2.12. The molecule has 22 heavy (non-hydrogen) atoms. The van der Waals surface area contributed by atoms with Gasteiger partial charge in [-0.05, 0) is 31.0 Å². The Morgan fingerprint density at radius 2 is 2.09 bits per heavy atom. The summed E-state index contributed by atoms with van der Waals surface area (Å²) in [5.41, 5.74) is 5.63. The second-order valence-electron chi connectivity index (χ2n) is 4.84. The average molecular weight is 350 g/mol. The molecule has 0 aliphatic heterocycles. The predicted octanol–water partition coefficient (Wildman–Crippen LogP) is 0.845. The van der Waals surface area contributed by atoms with Crippen molar-refractivity contribution >= 4 is 34.0 Å². The van der Waals surface area contributed by atoms with Crippen LogP contribution in [-0.2, 0) is 14.8 Å². The van der Waals surface area contributed by atoms with E-state index in [9.17, 15) is 13.2 Å². The number of carbonyl (C=O) groups is 1. The highest BCUT2D eigenvalue weighted by Crippen LogP contribution is 2.29. The number of nitrogens with one attached hydrogen (secondary N) is 2. The molecular formula is C13H20ClN3O4S. The van der Waals surface area contributed by atoms with Gasteiger partial charge in [-0.1, -0.05) is 0 Å². The Morgan fingerprint density at radius 3 is 2.64 bits per heavy atom. The maximum Gasteiger partial charge on any atom is 0.240 e. The zero-order valence-electron chi connectivity index (χ0n) is 12.2. The van der Waals surface area contributed by atoms with Crippen molar-refractivity contribution in [3.8, 4) is 5.75 Å². The maximum absolute atomic E-state index is 12.2. The fraction of sp³-hybridized carbons (Fsp3) is 0.462. The highest BCUT2D eigenvalue weighted by atomic mass is 35.5. The van der Waals surface area contributed by atoms with Gasteiger partial charge in [0.1, 0.15) is 5.75 Å². The molecule has 1 amide bonds. The number of hydrogen-bond donors (Lipinski definition) is 3. The minimum absolute atomic E-state index is 0. The van der Waals surface area contributed by atoms with Crippen molar-refractivity contribution in [3.63, 3.8) is 0 Å². The fourth-order valence-corrected chi connectivity index (χ4v) is 3.12. The third-order valence-electron chi connectivity index (χ3n) is 3.03. The summed E-state index contributed by atoms with van der Waals surface area (Å²) in [6.45, 7) is 0.218. The van der Waals surface area contributed by atoms with Crippen LogP contribution in [0, 0.1) is 0 Å². The summed E-state index contributed by atoms with van der Waals surface area (Å²) >= 11 is 0. The van der Waals surface area contributed by atoms with Crippen LogP contribution >= 0.6 is 12.4 Å². The van der Waals surface area contributed by atoms with Crippen LogP contribution < -0.4 is 20.5 Å². The fourth-order valence-electron chi connectivity index (χ4n) is 1.78. The molecule has 4 N–H and O–H groups in total. The predicted molar refractivity (Wildman–Crippen MR) is 85.9 cm³/mol. The number of halogens is 1. The summed E-state index contributed by atoms with van der Waals surface area (Å²) in [6.07, 6.45) is 1.87. The number of carbonyl (C=O) groups excluding carboxylic acids is 1.